The molecule has 0 spiro atoms. The number of hydrogen-bond acceptors (Lipinski definition) is 7. The van der Waals surface area contributed by atoms with Gasteiger partial charge in [-0.25, -0.2) is 4.98 Å². The van der Waals surface area contributed by atoms with E-state index in [0.717, 1.165) is 16.7 Å². The molecule has 1 fully saturated rings. The second-order valence-corrected chi connectivity index (χ2v) is 16.3. The summed E-state index contributed by atoms with van der Waals surface area (Å²) in [7, 11) is -0.290. The summed E-state index contributed by atoms with van der Waals surface area (Å²) in [6, 6.07) is 11.0. The summed E-state index contributed by atoms with van der Waals surface area (Å²) in [5.41, 5.74) is 10.4. The molecule has 1 aromatic carbocycles. The van der Waals surface area contributed by atoms with Crippen LogP contribution in [0.4, 0.5) is 17.2 Å². The maximum Gasteiger partial charge on any atom is 0.274 e. The zero-order valence-electron chi connectivity index (χ0n) is 23.7. The Kier molecular flexibility index (Phi) is 8.29. The summed E-state index contributed by atoms with van der Waals surface area (Å²) >= 11 is 0. The summed E-state index contributed by atoms with van der Waals surface area (Å²) in [4.78, 5) is 31.9. The van der Waals surface area contributed by atoms with Crippen LogP contribution in [0.2, 0.25) is 18.1 Å². The first-order chi connectivity index (χ1) is 18.4. The van der Waals surface area contributed by atoms with Crippen molar-refractivity contribution in [3.63, 3.8) is 0 Å². The van der Waals surface area contributed by atoms with Crippen molar-refractivity contribution < 1.29 is 14.0 Å². The van der Waals surface area contributed by atoms with Crippen molar-refractivity contribution in [2.45, 2.75) is 45.5 Å². The lowest BCUT2D eigenvalue weighted by Gasteiger charge is -2.36. The van der Waals surface area contributed by atoms with E-state index in [-0.39, 0.29) is 16.5 Å². The molecule has 0 bridgehead atoms. The van der Waals surface area contributed by atoms with Crippen LogP contribution in [0.3, 0.4) is 0 Å². The van der Waals surface area contributed by atoms with E-state index < -0.39 is 8.32 Å². The molecule has 1 saturated heterocycles. The van der Waals surface area contributed by atoms with Crippen molar-refractivity contribution in [3.05, 3.63) is 70.3 Å². The van der Waals surface area contributed by atoms with Crippen LogP contribution in [-0.2, 0) is 22.8 Å². The molecule has 208 valence electrons. The van der Waals surface area contributed by atoms with Crippen molar-refractivity contribution in [1.29, 1.82) is 0 Å². The number of nitrogens with zero attached hydrogens (tertiary/aromatic N) is 3. The third-order valence-electron chi connectivity index (χ3n) is 7.66. The molecule has 10 heteroatoms. The normalized spacial score (nSPS) is 14.4. The van der Waals surface area contributed by atoms with E-state index in [1.807, 2.05) is 18.2 Å². The number of pyridine rings is 2. The molecule has 3 heterocycles. The van der Waals surface area contributed by atoms with Crippen LogP contribution in [0.1, 0.15) is 36.7 Å². The lowest BCUT2D eigenvalue weighted by Crippen LogP contribution is -2.40. The maximum absolute atomic E-state index is 13.0. The van der Waals surface area contributed by atoms with Gasteiger partial charge in [-0.05, 0) is 48.0 Å². The van der Waals surface area contributed by atoms with Crippen LogP contribution < -0.4 is 16.6 Å². The molecule has 1 amide bonds. The Morgan fingerprint density at radius 2 is 1.90 bits per heavy atom. The third-order valence-corrected chi connectivity index (χ3v) is 12.1. The highest BCUT2D eigenvalue weighted by Gasteiger charge is 2.37. The van der Waals surface area contributed by atoms with Gasteiger partial charge < -0.3 is 29.7 Å². The first-order valence-corrected chi connectivity index (χ1v) is 16.1. The Morgan fingerprint density at radius 3 is 2.54 bits per heavy atom. The van der Waals surface area contributed by atoms with Gasteiger partial charge in [0.05, 0.1) is 25.4 Å². The number of anilines is 3. The van der Waals surface area contributed by atoms with Crippen molar-refractivity contribution in [1.82, 2.24) is 14.5 Å². The van der Waals surface area contributed by atoms with Crippen LogP contribution >= 0.6 is 0 Å². The molecule has 0 atom stereocenters. The molecule has 4 rings (SSSR count). The number of rotatable bonds is 7. The molecule has 1 aliphatic heterocycles. The zero-order chi connectivity index (χ0) is 28.4. The van der Waals surface area contributed by atoms with Crippen LogP contribution in [0, 0.1) is 0 Å². The van der Waals surface area contributed by atoms with Crippen LogP contribution in [-0.4, -0.2) is 55.0 Å². The van der Waals surface area contributed by atoms with Crippen LogP contribution in [0.5, 0.6) is 0 Å². The second-order valence-electron chi connectivity index (χ2n) is 11.4. The number of hydrogen-bond donors (Lipinski definition) is 2. The summed E-state index contributed by atoms with van der Waals surface area (Å²) in [6.07, 6.45) is 3.33. The van der Waals surface area contributed by atoms with Crippen molar-refractivity contribution in [3.8, 4) is 11.1 Å². The highest BCUT2D eigenvalue weighted by Crippen LogP contribution is 2.38. The number of carbonyl (C=O) groups excluding carboxylic acids is 1. The molecule has 2 aromatic heterocycles. The van der Waals surface area contributed by atoms with E-state index in [4.69, 9.17) is 14.9 Å². The molecule has 39 heavy (non-hydrogen) atoms. The first-order valence-electron chi connectivity index (χ1n) is 13.2. The van der Waals surface area contributed by atoms with Crippen LogP contribution in [0.15, 0.2) is 53.6 Å². The van der Waals surface area contributed by atoms with Crippen LogP contribution in [0.25, 0.3) is 11.1 Å². The molecular weight excluding hydrogens is 510 g/mol. The number of morpholine rings is 1. The quantitative estimate of drug-likeness (QED) is 0.323. The van der Waals surface area contributed by atoms with E-state index in [2.05, 4.69) is 44.2 Å². The van der Waals surface area contributed by atoms with Gasteiger partial charge in [0.25, 0.3) is 11.5 Å². The molecule has 0 aliphatic carbocycles. The van der Waals surface area contributed by atoms with Gasteiger partial charge in [0.2, 0.25) is 0 Å². The van der Waals surface area contributed by atoms with E-state index in [1.54, 1.807) is 36.3 Å². The van der Waals surface area contributed by atoms with Gasteiger partial charge in [-0.15, -0.1) is 0 Å². The van der Waals surface area contributed by atoms with E-state index in [1.165, 1.54) is 10.8 Å². The van der Waals surface area contributed by atoms with Gasteiger partial charge in [0.1, 0.15) is 11.5 Å². The van der Waals surface area contributed by atoms with Crippen molar-refractivity contribution in [2.24, 2.45) is 7.05 Å². The number of carbonyl (C=O) groups is 1. The Bertz CT molecular complexity index is 1390. The molecule has 3 aromatic rings. The van der Waals surface area contributed by atoms with Gasteiger partial charge >= 0.3 is 0 Å². The maximum atomic E-state index is 13.0. The number of nitrogens with one attached hydrogen (secondary N) is 1. The third kappa shape index (κ3) is 6.40. The number of benzene rings is 1. The summed E-state index contributed by atoms with van der Waals surface area (Å²) in [5, 5.41) is 3.20. The minimum atomic E-state index is -2.00. The van der Waals surface area contributed by atoms with Crippen molar-refractivity contribution >= 4 is 31.4 Å². The number of ether oxygens (including phenoxy) is 1. The SMILES string of the molecule is Cn1cc(-c2cccc(N)c2CO[Si](C)(C)C(C)(C)C)cc(Nc2ccc(C(=O)N3CCOCC3)cn2)c1=O. The number of aromatic nitrogens is 2. The predicted octanol–water partition coefficient (Wildman–Crippen LogP) is 4.77. The highest BCUT2D eigenvalue weighted by atomic mass is 28.4. The summed E-state index contributed by atoms with van der Waals surface area (Å²) < 4.78 is 13.4. The summed E-state index contributed by atoms with van der Waals surface area (Å²) in [5.74, 6) is 0.390. The second kappa shape index (κ2) is 11.3. The zero-order valence-corrected chi connectivity index (χ0v) is 24.7. The fourth-order valence-electron chi connectivity index (χ4n) is 4.14. The largest absolute Gasteiger partial charge is 0.412 e. The molecule has 0 unspecified atom stereocenters. The minimum absolute atomic E-state index is 0.0692. The monoisotopic (exact) mass is 549 g/mol. The van der Waals surface area contributed by atoms with Gasteiger partial charge in [0.15, 0.2) is 8.32 Å². The lowest BCUT2D eigenvalue weighted by atomic mass is 9.99. The van der Waals surface area contributed by atoms with Gasteiger partial charge in [0, 0.05) is 49.3 Å². The number of amides is 1. The Morgan fingerprint density at radius 1 is 1.18 bits per heavy atom. The smallest absolute Gasteiger partial charge is 0.274 e. The number of aryl methyl sites for hydroxylation is 1. The van der Waals surface area contributed by atoms with Crippen molar-refractivity contribution in [2.75, 3.05) is 37.4 Å². The predicted molar refractivity (Wildman–Crippen MR) is 158 cm³/mol. The van der Waals surface area contributed by atoms with E-state index >= 15 is 0 Å². The molecule has 3 N–H and O–H groups in total. The lowest BCUT2D eigenvalue weighted by molar-refractivity contribution is 0.0302. The molecule has 1 aliphatic rings. The Balaban J connectivity index is 1.60. The summed E-state index contributed by atoms with van der Waals surface area (Å²) in [6.45, 7) is 13.6. The standard InChI is InChI=1S/C29H39N5O4Si/c1-29(2,3)39(5,6)38-19-23-22(8-7-9-24(23)30)21-16-25(28(36)33(4)18-21)32-26-11-10-20(17-31-26)27(35)34-12-14-37-15-13-34/h7-11,16-18H,12-15,19,30H2,1-6H3,(H,31,32). The van der Waals surface area contributed by atoms with Gasteiger partial charge in [-0.1, -0.05) is 32.9 Å². The first kappa shape index (κ1) is 28.5. The molecule has 0 radical (unpaired) electrons. The molecule has 9 nitrogen and oxygen atoms in total. The molecular formula is C29H39N5O4Si. The van der Waals surface area contributed by atoms with Gasteiger partial charge in [-0.3, -0.25) is 9.59 Å². The fourth-order valence-corrected chi connectivity index (χ4v) is 5.07. The van der Waals surface area contributed by atoms with E-state index in [0.29, 0.717) is 55.7 Å². The van der Waals surface area contributed by atoms with E-state index in [9.17, 15) is 9.59 Å². The number of nitrogens with two attached hydrogens (primary N) is 1. The average Bonchev–Trinajstić information content (AvgIpc) is 2.90. The number of nitrogen functional groups attached to an aromatic ring is 1. The Hall–Kier alpha value is -3.47. The van der Waals surface area contributed by atoms with Gasteiger partial charge in [-0.2, -0.15) is 0 Å². The topological polar surface area (TPSA) is 112 Å². The minimum Gasteiger partial charge on any atom is -0.412 e. The average molecular weight is 550 g/mol. The Labute approximate surface area is 231 Å². The highest BCUT2D eigenvalue weighted by molar-refractivity contribution is 6.74. The molecule has 0 saturated carbocycles. The fraction of sp³-hybridized carbons (Fsp3) is 0.414.